The Kier molecular flexibility index (Phi) is 3.78. The number of likely N-dealkylation sites (tertiary alicyclic amines) is 1. The van der Waals surface area contributed by atoms with E-state index >= 15 is 0 Å². The molecule has 1 aliphatic rings. The van der Waals surface area contributed by atoms with Crippen molar-refractivity contribution in [1.82, 2.24) is 10.1 Å². The van der Waals surface area contributed by atoms with Gasteiger partial charge in [-0.1, -0.05) is 17.3 Å². The maximum absolute atomic E-state index is 12.7. The number of hydrogen-bond acceptors (Lipinski definition) is 3. The largest absolute Gasteiger partial charge is 0.359 e. The fourth-order valence-corrected chi connectivity index (χ4v) is 3.25. The molecule has 1 aliphatic heterocycles. The highest BCUT2D eigenvalue weighted by atomic mass is 127. The van der Waals surface area contributed by atoms with Crippen molar-refractivity contribution in [2.45, 2.75) is 25.8 Å². The number of aryl methyl sites for hydroxylation is 1. The molecule has 2 heterocycles. The van der Waals surface area contributed by atoms with E-state index in [1.54, 1.807) is 0 Å². The molecular weight excluding hydrogens is 367 g/mol. The molecule has 5 heteroatoms. The third kappa shape index (κ3) is 2.46. The number of carbonyl (C=O) groups is 1. The molecule has 1 atom stereocenters. The molecule has 1 aromatic heterocycles. The number of halogens is 1. The van der Waals surface area contributed by atoms with E-state index in [1.165, 1.54) is 0 Å². The first kappa shape index (κ1) is 13.6. The monoisotopic (exact) mass is 382 g/mol. The van der Waals surface area contributed by atoms with Gasteiger partial charge in [-0.25, -0.2) is 0 Å². The third-order valence-corrected chi connectivity index (χ3v) is 4.53. The van der Waals surface area contributed by atoms with Crippen LogP contribution >= 0.6 is 22.6 Å². The van der Waals surface area contributed by atoms with Gasteiger partial charge in [0.25, 0.3) is 5.91 Å². The van der Waals surface area contributed by atoms with Gasteiger partial charge in [0.1, 0.15) is 0 Å². The van der Waals surface area contributed by atoms with Gasteiger partial charge in [-0.15, -0.1) is 0 Å². The molecule has 104 valence electrons. The molecule has 0 bridgehead atoms. The highest BCUT2D eigenvalue weighted by Gasteiger charge is 2.33. The summed E-state index contributed by atoms with van der Waals surface area (Å²) < 4.78 is 6.33. The van der Waals surface area contributed by atoms with Crippen molar-refractivity contribution in [3.63, 3.8) is 0 Å². The second-order valence-corrected chi connectivity index (χ2v) is 6.17. The molecule has 1 fully saturated rings. The summed E-state index contributed by atoms with van der Waals surface area (Å²) in [7, 11) is 0. The van der Waals surface area contributed by atoms with E-state index in [4.69, 9.17) is 4.52 Å². The Morgan fingerprint density at radius 2 is 2.25 bits per heavy atom. The minimum absolute atomic E-state index is 0.0136. The standard InChI is InChI=1S/C15H15IN2O2/c1-10-9-14(20-17-10)13-7-4-8-18(13)15(19)11-5-2-3-6-12(11)16/h2-3,5-6,9,13H,4,7-8H2,1H3. The second-order valence-electron chi connectivity index (χ2n) is 5.01. The minimum Gasteiger partial charge on any atom is -0.359 e. The average Bonchev–Trinajstić information content (AvgIpc) is 3.06. The normalized spacial score (nSPS) is 18.5. The number of nitrogens with zero attached hydrogens (tertiary/aromatic N) is 2. The van der Waals surface area contributed by atoms with Gasteiger partial charge in [0, 0.05) is 16.2 Å². The summed E-state index contributed by atoms with van der Waals surface area (Å²) in [6.45, 7) is 2.67. The summed E-state index contributed by atoms with van der Waals surface area (Å²) in [6, 6.07) is 9.62. The SMILES string of the molecule is Cc1cc(C2CCCN2C(=O)c2ccccc2I)on1. The molecule has 20 heavy (non-hydrogen) atoms. The molecule has 1 amide bonds. The fraction of sp³-hybridized carbons (Fsp3) is 0.333. The summed E-state index contributed by atoms with van der Waals surface area (Å²) in [5.41, 5.74) is 1.62. The van der Waals surface area contributed by atoms with E-state index < -0.39 is 0 Å². The number of amides is 1. The molecule has 0 N–H and O–H groups in total. The van der Waals surface area contributed by atoms with Gasteiger partial charge in [0.2, 0.25) is 0 Å². The predicted molar refractivity (Wildman–Crippen MR) is 83.4 cm³/mol. The summed E-state index contributed by atoms with van der Waals surface area (Å²) in [6.07, 6.45) is 1.93. The molecule has 0 spiro atoms. The Labute approximate surface area is 131 Å². The van der Waals surface area contributed by atoms with Crippen LogP contribution < -0.4 is 0 Å². The first-order chi connectivity index (χ1) is 9.66. The van der Waals surface area contributed by atoms with Crippen LogP contribution in [0.1, 0.15) is 40.7 Å². The van der Waals surface area contributed by atoms with Gasteiger partial charge in [-0.3, -0.25) is 4.79 Å². The van der Waals surface area contributed by atoms with Crippen LogP contribution in [-0.4, -0.2) is 22.5 Å². The highest BCUT2D eigenvalue weighted by molar-refractivity contribution is 14.1. The lowest BCUT2D eigenvalue weighted by Crippen LogP contribution is -2.30. The Bertz CT molecular complexity index is 638. The van der Waals surface area contributed by atoms with Crippen molar-refractivity contribution in [3.8, 4) is 0 Å². The maximum atomic E-state index is 12.7. The van der Waals surface area contributed by atoms with Crippen LogP contribution in [0.4, 0.5) is 0 Å². The molecule has 1 unspecified atom stereocenters. The lowest BCUT2D eigenvalue weighted by Gasteiger charge is -2.23. The van der Waals surface area contributed by atoms with E-state index in [2.05, 4.69) is 27.7 Å². The van der Waals surface area contributed by atoms with E-state index in [-0.39, 0.29) is 11.9 Å². The van der Waals surface area contributed by atoms with Crippen molar-refractivity contribution >= 4 is 28.5 Å². The van der Waals surface area contributed by atoms with Crippen molar-refractivity contribution in [2.75, 3.05) is 6.54 Å². The Morgan fingerprint density at radius 3 is 2.95 bits per heavy atom. The van der Waals surface area contributed by atoms with Crippen LogP contribution in [0.2, 0.25) is 0 Å². The first-order valence-corrected chi connectivity index (χ1v) is 7.73. The van der Waals surface area contributed by atoms with Crippen LogP contribution in [-0.2, 0) is 0 Å². The Balaban J connectivity index is 1.89. The van der Waals surface area contributed by atoms with Gasteiger partial charge in [0.05, 0.1) is 17.3 Å². The first-order valence-electron chi connectivity index (χ1n) is 6.65. The van der Waals surface area contributed by atoms with Gasteiger partial charge in [-0.05, 0) is 54.5 Å². The van der Waals surface area contributed by atoms with Gasteiger partial charge < -0.3 is 9.42 Å². The summed E-state index contributed by atoms with van der Waals surface area (Å²) in [4.78, 5) is 14.6. The second kappa shape index (κ2) is 5.55. The summed E-state index contributed by atoms with van der Waals surface area (Å²) >= 11 is 2.20. The van der Waals surface area contributed by atoms with Crippen molar-refractivity contribution in [3.05, 3.63) is 50.9 Å². The van der Waals surface area contributed by atoms with Gasteiger partial charge in [0.15, 0.2) is 5.76 Å². The van der Waals surface area contributed by atoms with Gasteiger partial charge in [-0.2, -0.15) is 0 Å². The zero-order chi connectivity index (χ0) is 14.1. The molecule has 2 aromatic rings. The lowest BCUT2D eigenvalue weighted by molar-refractivity contribution is 0.0713. The average molecular weight is 382 g/mol. The van der Waals surface area contributed by atoms with Crippen LogP contribution in [0.25, 0.3) is 0 Å². The zero-order valence-electron chi connectivity index (χ0n) is 11.2. The quantitative estimate of drug-likeness (QED) is 0.747. The minimum atomic E-state index is 0.0136. The highest BCUT2D eigenvalue weighted by Crippen LogP contribution is 2.33. The van der Waals surface area contributed by atoms with Crippen molar-refractivity contribution in [1.29, 1.82) is 0 Å². The predicted octanol–water partition coefficient (Wildman–Crippen LogP) is 3.56. The molecule has 1 aromatic carbocycles. The Morgan fingerprint density at radius 1 is 1.45 bits per heavy atom. The zero-order valence-corrected chi connectivity index (χ0v) is 13.3. The smallest absolute Gasteiger partial charge is 0.255 e. The topological polar surface area (TPSA) is 46.3 Å². The molecule has 4 nitrogen and oxygen atoms in total. The maximum Gasteiger partial charge on any atom is 0.255 e. The van der Waals surface area contributed by atoms with Crippen LogP contribution in [0.3, 0.4) is 0 Å². The molecule has 0 aliphatic carbocycles. The van der Waals surface area contributed by atoms with Crippen molar-refractivity contribution < 1.29 is 9.32 Å². The Hall–Kier alpha value is -1.37. The van der Waals surface area contributed by atoms with E-state index in [9.17, 15) is 4.79 Å². The number of hydrogen-bond donors (Lipinski definition) is 0. The molecule has 3 rings (SSSR count). The lowest BCUT2D eigenvalue weighted by atomic mass is 10.1. The third-order valence-electron chi connectivity index (χ3n) is 3.59. The van der Waals surface area contributed by atoms with Crippen LogP contribution in [0.15, 0.2) is 34.9 Å². The summed E-state index contributed by atoms with van der Waals surface area (Å²) in [5, 5.41) is 3.93. The van der Waals surface area contributed by atoms with Crippen LogP contribution in [0, 0.1) is 10.5 Å². The van der Waals surface area contributed by atoms with E-state index in [0.717, 1.165) is 40.0 Å². The van der Waals surface area contributed by atoms with E-state index in [1.807, 2.05) is 42.2 Å². The van der Waals surface area contributed by atoms with Gasteiger partial charge >= 0.3 is 0 Å². The van der Waals surface area contributed by atoms with Crippen molar-refractivity contribution in [2.24, 2.45) is 0 Å². The fourth-order valence-electron chi connectivity index (χ4n) is 2.64. The molecule has 0 radical (unpaired) electrons. The molecule has 1 saturated heterocycles. The molecule has 0 saturated carbocycles. The number of carbonyl (C=O) groups excluding carboxylic acids is 1. The number of rotatable bonds is 2. The van der Waals surface area contributed by atoms with E-state index in [0.29, 0.717) is 0 Å². The number of aromatic nitrogens is 1. The molecular formula is C15H15IN2O2. The summed E-state index contributed by atoms with van der Waals surface area (Å²) in [5.74, 6) is 0.867. The number of benzene rings is 1. The van der Waals surface area contributed by atoms with Crippen LogP contribution in [0.5, 0.6) is 0 Å².